The standard InChI is InChI=1S/C14H16BF2IN4O5S/c1-8-12(22(23)24)14(27-6-10(17)7-28-15(18)26-3)20-21(8)11-4-9(16)5-19-13(11)25-2/h4-5,10H,6-7H2,1-3H3. The summed E-state index contributed by atoms with van der Waals surface area (Å²) in [5, 5.41) is 15.4. The van der Waals surface area contributed by atoms with Gasteiger partial charge in [-0.1, -0.05) is 22.4 Å². The van der Waals surface area contributed by atoms with Crippen LogP contribution in [0, 0.1) is 22.9 Å². The zero-order chi connectivity index (χ0) is 20.8. The summed E-state index contributed by atoms with van der Waals surface area (Å²) in [6.45, 7) is 0.973. The van der Waals surface area contributed by atoms with Crippen molar-refractivity contribution in [2.45, 2.75) is 13.1 Å². The summed E-state index contributed by atoms with van der Waals surface area (Å²) < 4.78 is 43.8. The molecule has 14 heteroatoms. The van der Waals surface area contributed by atoms with E-state index in [0.717, 1.165) is 16.9 Å². The van der Waals surface area contributed by atoms with Gasteiger partial charge < -0.3 is 14.1 Å². The molecule has 0 spiro atoms. The molecule has 28 heavy (non-hydrogen) atoms. The molecule has 0 bridgehead atoms. The van der Waals surface area contributed by atoms with Crippen LogP contribution >= 0.6 is 34.0 Å². The SMILES string of the molecule is COB(I)SCC(F)COc1nn(-c2cc(F)cnc2OC)c(C)c1[N+](=O)[O-]. The Bertz CT molecular complexity index is 846. The van der Waals surface area contributed by atoms with Gasteiger partial charge >= 0.3 is 15.6 Å². The molecule has 2 aromatic heterocycles. The molecular formula is C14H16BF2IN4O5S. The Morgan fingerprint density at radius 1 is 1.46 bits per heavy atom. The molecule has 0 radical (unpaired) electrons. The highest BCUT2D eigenvalue weighted by Crippen LogP contribution is 2.34. The summed E-state index contributed by atoms with van der Waals surface area (Å²) in [7, 11) is 2.82. The Balaban J connectivity index is 2.28. The van der Waals surface area contributed by atoms with E-state index in [4.69, 9.17) is 14.1 Å². The average molecular weight is 528 g/mol. The first kappa shape index (κ1) is 22.6. The molecule has 1 unspecified atom stereocenters. The number of pyridine rings is 1. The maximum atomic E-state index is 14.0. The molecule has 0 aliphatic heterocycles. The molecule has 2 heterocycles. The van der Waals surface area contributed by atoms with E-state index < -0.39 is 29.2 Å². The third kappa shape index (κ3) is 5.44. The first-order chi connectivity index (χ1) is 13.3. The summed E-state index contributed by atoms with van der Waals surface area (Å²) in [6, 6.07) is 1.07. The van der Waals surface area contributed by atoms with Gasteiger partial charge in [-0.15, -0.1) is 5.10 Å². The van der Waals surface area contributed by atoms with Crippen molar-refractivity contribution >= 4 is 43.7 Å². The fraction of sp³-hybridized carbons (Fsp3) is 0.429. The number of hydrogen-bond donors (Lipinski definition) is 0. The summed E-state index contributed by atoms with van der Waals surface area (Å²) >= 11 is 3.22. The van der Waals surface area contributed by atoms with Crippen molar-refractivity contribution in [2.75, 3.05) is 26.6 Å². The number of alkyl halides is 1. The van der Waals surface area contributed by atoms with E-state index >= 15 is 0 Å². The Labute approximate surface area is 177 Å². The molecular weight excluding hydrogens is 512 g/mol. The lowest BCUT2D eigenvalue weighted by Gasteiger charge is -2.09. The third-order valence-electron chi connectivity index (χ3n) is 3.45. The quantitative estimate of drug-likeness (QED) is 0.201. The van der Waals surface area contributed by atoms with Crippen LogP contribution in [0.1, 0.15) is 5.69 Å². The smallest absolute Gasteiger partial charge is 0.435 e. The molecule has 152 valence electrons. The number of methoxy groups -OCH3 is 1. The van der Waals surface area contributed by atoms with E-state index in [1.165, 1.54) is 32.8 Å². The fourth-order valence-electron chi connectivity index (χ4n) is 2.20. The topological polar surface area (TPSA) is 102 Å². The second-order valence-corrected chi connectivity index (χ2v) is 8.41. The number of rotatable bonds is 10. The van der Waals surface area contributed by atoms with Crippen LogP contribution in [0.15, 0.2) is 12.3 Å². The summed E-state index contributed by atoms with van der Waals surface area (Å²) in [5.74, 6) is -0.959. The Kier molecular flexibility index (Phi) is 8.24. The normalized spacial score (nSPS) is 11.9. The van der Waals surface area contributed by atoms with Crippen LogP contribution in [0.2, 0.25) is 0 Å². The van der Waals surface area contributed by atoms with E-state index in [1.807, 2.05) is 22.4 Å². The Hall–Kier alpha value is -1.68. The van der Waals surface area contributed by atoms with Gasteiger partial charge in [0.05, 0.1) is 18.2 Å². The van der Waals surface area contributed by atoms with E-state index in [9.17, 15) is 18.9 Å². The number of nitro groups is 1. The molecule has 0 amide bonds. The predicted octanol–water partition coefficient (Wildman–Crippen LogP) is 3.15. The Morgan fingerprint density at radius 2 is 2.18 bits per heavy atom. The van der Waals surface area contributed by atoms with Crippen LogP contribution in [-0.2, 0) is 4.65 Å². The van der Waals surface area contributed by atoms with Crippen LogP contribution < -0.4 is 9.47 Å². The fourth-order valence-corrected chi connectivity index (χ4v) is 3.42. The van der Waals surface area contributed by atoms with Gasteiger partial charge in [-0.25, -0.2) is 18.4 Å². The first-order valence-corrected chi connectivity index (χ1v) is 10.1. The molecule has 2 aromatic rings. The lowest BCUT2D eigenvalue weighted by molar-refractivity contribution is -0.386. The second kappa shape index (κ2) is 10.2. The minimum Gasteiger partial charge on any atom is -0.479 e. The van der Waals surface area contributed by atoms with E-state index in [-0.39, 0.29) is 32.9 Å². The van der Waals surface area contributed by atoms with Crippen molar-refractivity contribution in [1.82, 2.24) is 14.8 Å². The van der Waals surface area contributed by atoms with Gasteiger partial charge in [0.15, 0.2) is 0 Å². The van der Waals surface area contributed by atoms with Crippen LogP contribution in [0.5, 0.6) is 11.8 Å². The number of halogens is 3. The average Bonchev–Trinajstić information content (AvgIpc) is 3.00. The highest BCUT2D eigenvalue weighted by atomic mass is 127. The molecule has 1 atom stereocenters. The van der Waals surface area contributed by atoms with Crippen molar-refractivity contribution in [3.63, 3.8) is 0 Å². The number of aromatic nitrogens is 3. The van der Waals surface area contributed by atoms with E-state index in [0.29, 0.717) is 0 Å². The maximum absolute atomic E-state index is 14.0. The van der Waals surface area contributed by atoms with Crippen LogP contribution in [-0.4, -0.2) is 56.5 Å². The van der Waals surface area contributed by atoms with Crippen molar-refractivity contribution < 1.29 is 27.8 Å². The largest absolute Gasteiger partial charge is 0.479 e. The van der Waals surface area contributed by atoms with Crippen molar-refractivity contribution in [2.24, 2.45) is 0 Å². The number of ether oxygens (including phenoxy) is 2. The van der Waals surface area contributed by atoms with Crippen molar-refractivity contribution in [1.29, 1.82) is 0 Å². The highest BCUT2D eigenvalue weighted by molar-refractivity contribution is 14.1. The minimum atomic E-state index is -1.40. The minimum absolute atomic E-state index is 0.0147. The van der Waals surface area contributed by atoms with Gasteiger partial charge in [0.1, 0.15) is 30.0 Å². The molecule has 0 saturated heterocycles. The Morgan fingerprint density at radius 3 is 2.79 bits per heavy atom. The zero-order valence-electron chi connectivity index (χ0n) is 15.1. The molecule has 2 rings (SSSR count). The van der Waals surface area contributed by atoms with Gasteiger partial charge in [0.25, 0.3) is 0 Å². The number of nitrogens with zero attached hydrogens (tertiary/aromatic N) is 4. The second-order valence-electron chi connectivity index (χ2n) is 5.34. The van der Waals surface area contributed by atoms with Crippen LogP contribution in [0.4, 0.5) is 14.5 Å². The van der Waals surface area contributed by atoms with Crippen molar-refractivity contribution in [3.8, 4) is 17.4 Å². The van der Waals surface area contributed by atoms with Crippen molar-refractivity contribution in [3.05, 3.63) is 33.9 Å². The van der Waals surface area contributed by atoms with E-state index in [2.05, 4.69) is 10.1 Å². The highest BCUT2D eigenvalue weighted by Gasteiger charge is 2.29. The summed E-state index contributed by atoms with van der Waals surface area (Å²) in [6.07, 6.45) is -0.452. The molecule has 0 fully saturated rings. The lowest BCUT2D eigenvalue weighted by Crippen LogP contribution is -2.18. The van der Waals surface area contributed by atoms with Crippen LogP contribution in [0.3, 0.4) is 0 Å². The zero-order valence-corrected chi connectivity index (χ0v) is 18.1. The molecule has 0 aliphatic rings. The van der Waals surface area contributed by atoms with Gasteiger partial charge in [0, 0.05) is 18.9 Å². The van der Waals surface area contributed by atoms with Gasteiger partial charge in [0.2, 0.25) is 5.88 Å². The first-order valence-electron chi connectivity index (χ1n) is 7.77. The van der Waals surface area contributed by atoms with E-state index in [1.54, 1.807) is 0 Å². The molecule has 0 N–H and O–H groups in total. The van der Waals surface area contributed by atoms with Gasteiger partial charge in [-0.2, -0.15) is 11.6 Å². The van der Waals surface area contributed by atoms with Gasteiger partial charge in [-0.3, -0.25) is 10.1 Å². The molecule has 0 aliphatic carbocycles. The van der Waals surface area contributed by atoms with Crippen LogP contribution in [0.25, 0.3) is 5.69 Å². The third-order valence-corrected chi connectivity index (χ3v) is 6.05. The monoisotopic (exact) mass is 528 g/mol. The predicted molar refractivity (Wildman–Crippen MR) is 109 cm³/mol. The lowest BCUT2D eigenvalue weighted by atomic mass is 10.3. The molecule has 0 aromatic carbocycles. The summed E-state index contributed by atoms with van der Waals surface area (Å²) in [4.78, 5) is 14.5. The summed E-state index contributed by atoms with van der Waals surface area (Å²) in [5.41, 5.74) is -0.338. The maximum Gasteiger partial charge on any atom is 0.435 e. The molecule has 0 saturated carbocycles. The van der Waals surface area contributed by atoms with Gasteiger partial charge in [-0.05, 0) is 6.92 Å². The molecule has 9 nitrogen and oxygen atoms in total. The number of hydrogen-bond acceptors (Lipinski definition) is 8.